The van der Waals surface area contributed by atoms with Crippen LogP contribution < -0.4 is 4.90 Å². The molecule has 2 fully saturated rings. The number of anilines is 1. The standard InChI is InChI=1S/C15H16N2O3/c18-12-6-8-16(9-7-12)13-10-14(19)17(15(13)20)11-4-2-1-3-5-11/h1-5,13H,6-10H2. The number of hydrogen-bond donors (Lipinski definition) is 0. The molecule has 1 atom stereocenters. The number of rotatable bonds is 2. The van der Waals surface area contributed by atoms with E-state index in [1.807, 2.05) is 23.1 Å². The second kappa shape index (κ2) is 5.17. The number of imide groups is 1. The minimum atomic E-state index is -0.407. The number of carbonyl (C=O) groups excluding carboxylic acids is 3. The summed E-state index contributed by atoms with van der Waals surface area (Å²) in [5.41, 5.74) is 0.623. The monoisotopic (exact) mass is 272 g/mol. The lowest BCUT2D eigenvalue weighted by Gasteiger charge is -2.29. The van der Waals surface area contributed by atoms with Crippen molar-refractivity contribution in [2.45, 2.75) is 25.3 Å². The predicted molar refractivity (Wildman–Crippen MR) is 73.2 cm³/mol. The summed E-state index contributed by atoms with van der Waals surface area (Å²) in [4.78, 5) is 39.1. The summed E-state index contributed by atoms with van der Waals surface area (Å²) in [6.07, 6.45) is 1.16. The fourth-order valence-electron chi connectivity index (χ4n) is 2.83. The quantitative estimate of drug-likeness (QED) is 0.753. The Bertz CT molecular complexity index is 545. The van der Waals surface area contributed by atoms with Gasteiger partial charge in [0.25, 0.3) is 5.91 Å². The van der Waals surface area contributed by atoms with Gasteiger partial charge in [0.05, 0.1) is 18.2 Å². The van der Waals surface area contributed by atoms with Crippen LogP contribution in [-0.2, 0) is 14.4 Å². The van der Waals surface area contributed by atoms with Crippen molar-refractivity contribution >= 4 is 23.3 Å². The number of amides is 2. The van der Waals surface area contributed by atoms with Crippen LogP contribution in [0.2, 0.25) is 0 Å². The Labute approximate surface area is 117 Å². The van der Waals surface area contributed by atoms with Gasteiger partial charge < -0.3 is 0 Å². The van der Waals surface area contributed by atoms with Gasteiger partial charge in [0.1, 0.15) is 5.78 Å². The molecule has 5 heteroatoms. The lowest BCUT2D eigenvalue weighted by molar-refractivity contribution is -0.127. The third-order valence-electron chi connectivity index (χ3n) is 3.93. The highest BCUT2D eigenvalue weighted by Crippen LogP contribution is 2.26. The Kier molecular flexibility index (Phi) is 3.36. The third kappa shape index (κ3) is 2.25. The SMILES string of the molecule is O=C1CCN(C2CC(=O)N(c3ccccc3)C2=O)CC1. The van der Waals surface area contributed by atoms with E-state index in [0.29, 0.717) is 31.6 Å². The van der Waals surface area contributed by atoms with Crippen LogP contribution in [0.25, 0.3) is 0 Å². The van der Waals surface area contributed by atoms with Crippen LogP contribution >= 0.6 is 0 Å². The summed E-state index contributed by atoms with van der Waals surface area (Å²) in [5, 5.41) is 0. The van der Waals surface area contributed by atoms with Crippen molar-refractivity contribution in [1.29, 1.82) is 0 Å². The zero-order valence-corrected chi connectivity index (χ0v) is 11.1. The van der Waals surface area contributed by atoms with Crippen molar-refractivity contribution in [3.63, 3.8) is 0 Å². The van der Waals surface area contributed by atoms with Crippen LogP contribution in [0.5, 0.6) is 0 Å². The second-order valence-electron chi connectivity index (χ2n) is 5.20. The van der Waals surface area contributed by atoms with Crippen molar-refractivity contribution in [3.05, 3.63) is 30.3 Å². The molecule has 0 radical (unpaired) electrons. The molecule has 0 aromatic heterocycles. The molecule has 1 unspecified atom stereocenters. The zero-order valence-electron chi connectivity index (χ0n) is 11.1. The van der Waals surface area contributed by atoms with Crippen LogP contribution in [0.3, 0.4) is 0 Å². The molecule has 3 rings (SSSR count). The molecule has 5 nitrogen and oxygen atoms in total. The van der Waals surface area contributed by atoms with Crippen molar-refractivity contribution < 1.29 is 14.4 Å². The number of likely N-dealkylation sites (tertiary alicyclic amines) is 1. The molecule has 1 aromatic carbocycles. The van der Waals surface area contributed by atoms with Gasteiger partial charge in [-0.05, 0) is 12.1 Å². The van der Waals surface area contributed by atoms with E-state index in [9.17, 15) is 14.4 Å². The summed E-state index contributed by atoms with van der Waals surface area (Å²) in [6, 6.07) is 8.58. The van der Waals surface area contributed by atoms with Gasteiger partial charge in [0.15, 0.2) is 0 Å². The first-order valence-electron chi connectivity index (χ1n) is 6.84. The molecule has 104 valence electrons. The van der Waals surface area contributed by atoms with E-state index in [2.05, 4.69) is 0 Å². The van der Waals surface area contributed by atoms with E-state index in [4.69, 9.17) is 0 Å². The van der Waals surface area contributed by atoms with Gasteiger partial charge in [0, 0.05) is 25.9 Å². The summed E-state index contributed by atoms with van der Waals surface area (Å²) in [6.45, 7) is 1.15. The maximum atomic E-state index is 12.5. The smallest absolute Gasteiger partial charge is 0.251 e. The van der Waals surface area contributed by atoms with E-state index in [0.717, 1.165) is 0 Å². The van der Waals surface area contributed by atoms with Crippen molar-refractivity contribution in [3.8, 4) is 0 Å². The van der Waals surface area contributed by atoms with Crippen LogP contribution in [0.15, 0.2) is 30.3 Å². The highest BCUT2D eigenvalue weighted by atomic mass is 16.2. The Hall–Kier alpha value is -2.01. The summed E-state index contributed by atoms with van der Waals surface area (Å²) >= 11 is 0. The minimum absolute atomic E-state index is 0.164. The number of piperidine rings is 1. The zero-order chi connectivity index (χ0) is 14.1. The molecule has 20 heavy (non-hydrogen) atoms. The van der Waals surface area contributed by atoms with Gasteiger partial charge >= 0.3 is 0 Å². The molecule has 2 heterocycles. The molecule has 0 spiro atoms. The van der Waals surface area contributed by atoms with Gasteiger partial charge in [-0.1, -0.05) is 18.2 Å². The second-order valence-corrected chi connectivity index (χ2v) is 5.20. The molecule has 2 aliphatic rings. The number of ketones is 1. The highest BCUT2D eigenvalue weighted by Gasteiger charge is 2.43. The van der Waals surface area contributed by atoms with E-state index >= 15 is 0 Å². The minimum Gasteiger partial charge on any atom is -0.300 e. The number of carbonyl (C=O) groups is 3. The number of hydrogen-bond acceptors (Lipinski definition) is 4. The first-order chi connectivity index (χ1) is 9.66. The first-order valence-corrected chi connectivity index (χ1v) is 6.84. The van der Waals surface area contributed by atoms with Gasteiger partial charge in [-0.15, -0.1) is 0 Å². The number of nitrogens with zero attached hydrogens (tertiary/aromatic N) is 2. The Morgan fingerprint density at radius 2 is 1.60 bits per heavy atom. The Balaban J connectivity index is 1.79. The third-order valence-corrected chi connectivity index (χ3v) is 3.93. The average Bonchev–Trinajstić information content (AvgIpc) is 2.76. The van der Waals surface area contributed by atoms with Crippen LogP contribution in [0.4, 0.5) is 5.69 Å². The van der Waals surface area contributed by atoms with Crippen molar-refractivity contribution in [2.24, 2.45) is 0 Å². The maximum absolute atomic E-state index is 12.5. The molecule has 0 aliphatic carbocycles. The molecule has 2 aliphatic heterocycles. The van der Waals surface area contributed by atoms with E-state index in [-0.39, 0.29) is 24.0 Å². The van der Waals surface area contributed by atoms with E-state index in [1.165, 1.54) is 4.90 Å². The number of benzene rings is 1. The highest BCUT2D eigenvalue weighted by molar-refractivity contribution is 6.22. The molecular weight excluding hydrogens is 256 g/mol. The normalized spacial score (nSPS) is 24.5. The molecular formula is C15H16N2O3. The maximum Gasteiger partial charge on any atom is 0.251 e. The molecule has 1 aromatic rings. The van der Waals surface area contributed by atoms with Crippen LogP contribution in [0, 0.1) is 0 Å². The lowest BCUT2D eigenvalue weighted by Crippen LogP contribution is -2.46. The topological polar surface area (TPSA) is 57.7 Å². The van der Waals surface area contributed by atoms with Gasteiger partial charge in [-0.3, -0.25) is 19.3 Å². The van der Waals surface area contributed by atoms with E-state index < -0.39 is 6.04 Å². The summed E-state index contributed by atoms with van der Waals surface area (Å²) in [7, 11) is 0. The number of para-hydroxylation sites is 1. The Morgan fingerprint density at radius 1 is 0.950 bits per heavy atom. The predicted octanol–water partition coefficient (Wildman–Crippen LogP) is 0.983. The molecule has 0 N–H and O–H groups in total. The summed E-state index contributed by atoms with van der Waals surface area (Å²) < 4.78 is 0. The lowest BCUT2D eigenvalue weighted by atomic mass is 10.1. The first kappa shape index (κ1) is 13.0. The fourth-order valence-corrected chi connectivity index (χ4v) is 2.83. The molecule has 0 saturated carbocycles. The van der Waals surface area contributed by atoms with Crippen molar-refractivity contribution in [2.75, 3.05) is 18.0 Å². The van der Waals surface area contributed by atoms with Crippen LogP contribution in [0.1, 0.15) is 19.3 Å². The van der Waals surface area contributed by atoms with Gasteiger partial charge in [-0.2, -0.15) is 0 Å². The van der Waals surface area contributed by atoms with E-state index in [1.54, 1.807) is 12.1 Å². The van der Waals surface area contributed by atoms with Crippen LogP contribution in [-0.4, -0.2) is 41.6 Å². The molecule has 2 amide bonds. The number of Topliss-reactive ketones (excluding diaryl/α,β-unsaturated/α-hetero) is 1. The van der Waals surface area contributed by atoms with Gasteiger partial charge in [-0.25, -0.2) is 4.90 Å². The fraction of sp³-hybridized carbons (Fsp3) is 0.400. The average molecular weight is 272 g/mol. The van der Waals surface area contributed by atoms with Crippen molar-refractivity contribution in [1.82, 2.24) is 4.90 Å². The largest absolute Gasteiger partial charge is 0.300 e. The molecule has 2 saturated heterocycles. The van der Waals surface area contributed by atoms with Gasteiger partial charge in [0.2, 0.25) is 5.91 Å². The summed E-state index contributed by atoms with van der Waals surface area (Å²) in [5.74, 6) is -0.100. The Morgan fingerprint density at radius 3 is 2.25 bits per heavy atom. The molecule has 0 bridgehead atoms.